The quantitative estimate of drug-likeness (QED) is 0.654. The van der Waals surface area contributed by atoms with Crippen molar-refractivity contribution in [3.8, 4) is 11.5 Å². The van der Waals surface area contributed by atoms with Crippen molar-refractivity contribution >= 4 is 11.8 Å². The third-order valence-corrected chi connectivity index (χ3v) is 4.64. The molecular weight excluding hydrogens is 344 g/mol. The number of hydrogen-bond donors (Lipinski definition) is 1. The SMILES string of the molecule is O=C(O)CCCCCCCOc1ccc2c(c1)C(=O)c1ccccc1CO2. The van der Waals surface area contributed by atoms with E-state index in [2.05, 4.69) is 0 Å². The lowest BCUT2D eigenvalue weighted by Crippen LogP contribution is -2.04. The van der Waals surface area contributed by atoms with Crippen LogP contribution in [0.3, 0.4) is 0 Å². The van der Waals surface area contributed by atoms with Crippen molar-refractivity contribution in [1.29, 1.82) is 0 Å². The van der Waals surface area contributed by atoms with E-state index in [4.69, 9.17) is 14.6 Å². The highest BCUT2D eigenvalue weighted by atomic mass is 16.5. The first-order valence-corrected chi connectivity index (χ1v) is 9.39. The Morgan fingerprint density at radius 2 is 1.78 bits per heavy atom. The van der Waals surface area contributed by atoms with E-state index in [1.165, 1.54) is 0 Å². The molecule has 1 N–H and O–H groups in total. The molecule has 0 spiro atoms. The van der Waals surface area contributed by atoms with Crippen LogP contribution in [-0.2, 0) is 11.4 Å². The van der Waals surface area contributed by atoms with E-state index in [0.29, 0.717) is 35.8 Å². The minimum Gasteiger partial charge on any atom is -0.494 e. The molecule has 0 unspecified atom stereocenters. The molecule has 0 radical (unpaired) electrons. The first-order valence-electron chi connectivity index (χ1n) is 9.39. The summed E-state index contributed by atoms with van der Waals surface area (Å²) in [5, 5.41) is 8.60. The summed E-state index contributed by atoms with van der Waals surface area (Å²) in [6, 6.07) is 12.9. The van der Waals surface area contributed by atoms with Gasteiger partial charge in [0.1, 0.15) is 18.1 Å². The molecule has 1 heterocycles. The number of carboxylic acid groups (broad SMARTS) is 1. The van der Waals surface area contributed by atoms with Gasteiger partial charge in [-0.15, -0.1) is 0 Å². The van der Waals surface area contributed by atoms with Gasteiger partial charge >= 0.3 is 5.97 Å². The number of carbonyl (C=O) groups excluding carboxylic acids is 1. The molecular formula is C22H24O5. The highest BCUT2D eigenvalue weighted by Gasteiger charge is 2.22. The summed E-state index contributed by atoms with van der Waals surface area (Å²) in [6.45, 7) is 0.959. The van der Waals surface area contributed by atoms with Gasteiger partial charge < -0.3 is 14.6 Å². The lowest BCUT2D eigenvalue weighted by atomic mass is 9.99. The van der Waals surface area contributed by atoms with Gasteiger partial charge in [0.25, 0.3) is 0 Å². The Labute approximate surface area is 158 Å². The fraction of sp³-hybridized carbons (Fsp3) is 0.364. The van der Waals surface area contributed by atoms with E-state index in [0.717, 1.165) is 37.7 Å². The minimum absolute atomic E-state index is 0.0398. The van der Waals surface area contributed by atoms with Crippen LogP contribution in [0.4, 0.5) is 0 Å². The van der Waals surface area contributed by atoms with E-state index in [9.17, 15) is 9.59 Å². The zero-order valence-electron chi connectivity index (χ0n) is 15.3. The summed E-state index contributed by atoms with van der Waals surface area (Å²) in [4.78, 5) is 23.3. The molecule has 27 heavy (non-hydrogen) atoms. The molecule has 0 bridgehead atoms. The monoisotopic (exact) mass is 368 g/mol. The van der Waals surface area contributed by atoms with Gasteiger partial charge in [-0.25, -0.2) is 0 Å². The van der Waals surface area contributed by atoms with Crippen LogP contribution in [0, 0.1) is 0 Å². The topological polar surface area (TPSA) is 72.8 Å². The second-order valence-corrected chi connectivity index (χ2v) is 6.69. The summed E-state index contributed by atoms with van der Waals surface area (Å²) >= 11 is 0. The van der Waals surface area contributed by atoms with Crippen LogP contribution in [0.15, 0.2) is 42.5 Å². The van der Waals surface area contributed by atoms with E-state index >= 15 is 0 Å². The molecule has 0 saturated carbocycles. The number of aliphatic carboxylic acids is 1. The van der Waals surface area contributed by atoms with Gasteiger partial charge in [-0.1, -0.05) is 43.5 Å². The Kier molecular flexibility index (Phi) is 6.47. The van der Waals surface area contributed by atoms with Gasteiger partial charge in [-0.05, 0) is 31.0 Å². The Balaban J connectivity index is 1.51. The van der Waals surface area contributed by atoms with E-state index in [-0.39, 0.29) is 12.2 Å². The molecule has 0 aliphatic carbocycles. The van der Waals surface area contributed by atoms with Crippen molar-refractivity contribution in [3.63, 3.8) is 0 Å². The fourth-order valence-electron chi connectivity index (χ4n) is 3.17. The van der Waals surface area contributed by atoms with Crippen LogP contribution in [0.1, 0.15) is 60.0 Å². The van der Waals surface area contributed by atoms with Gasteiger partial charge in [-0.3, -0.25) is 9.59 Å². The molecule has 142 valence electrons. The number of ketones is 1. The highest BCUT2D eigenvalue weighted by Crippen LogP contribution is 2.31. The molecule has 5 heteroatoms. The van der Waals surface area contributed by atoms with E-state index in [1.807, 2.05) is 30.3 Å². The average molecular weight is 368 g/mol. The molecule has 5 nitrogen and oxygen atoms in total. The lowest BCUT2D eigenvalue weighted by Gasteiger charge is -2.10. The minimum atomic E-state index is -0.734. The number of fused-ring (bicyclic) bond motifs is 2. The number of carbonyl (C=O) groups is 2. The van der Waals surface area contributed by atoms with Crippen LogP contribution in [0.5, 0.6) is 11.5 Å². The Morgan fingerprint density at radius 1 is 1.00 bits per heavy atom. The largest absolute Gasteiger partial charge is 0.494 e. The number of benzene rings is 2. The number of rotatable bonds is 9. The van der Waals surface area contributed by atoms with Crippen molar-refractivity contribution in [1.82, 2.24) is 0 Å². The Hall–Kier alpha value is -2.82. The summed E-state index contributed by atoms with van der Waals surface area (Å²) < 4.78 is 11.6. The number of ether oxygens (including phenoxy) is 2. The van der Waals surface area contributed by atoms with E-state index < -0.39 is 5.97 Å². The molecule has 0 atom stereocenters. The third kappa shape index (κ3) is 5.09. The molecule has 3 rings (SSSR count). The lowest BCUT2D eigenvalue weighted by molar-refractivity contribution is -0.137. The number of unbranched alkanes of at least 4 members (excludes halogenated alkanes) is 4. The molecule has 1 aliphatic heterocycles. The van der Waals surface area contributed by atoms with Crippen molar-refractivity contribution < 1.29 is 24.2 Å². The molecule has 2 aromatic carbocycles. The molecule has 0 aromatic heterocycles. The molecule has 2 aromatic rings. The predicted octanol–water partition coefficient (Wildman–Crippen LogP) is 4.61. The van der Waals surface area contributed by atoms with Crippen molar-refractivity contribution in [2.45, 2.75) is 45.1 Å². The van der Waals surface area contributed by atoms with Gasteiger partial charge in [0.15, 0.2) is 5.78 Å². The molecule has 0 amide bonds. The van der Waals surface area contributed by atoms with Crippen LogP contribution < -0.4 is 9.47 Å². The average Bonchev–Trinajstić information content (AvgIpc) is 2.81. The summed E-state index contributed by atoms with van der Waals surface area (Å²) in [5.74, 6) is 0.475. The first-order chi connectivity index (χ1) is 13.1. The standard InChI is InChI=1S/C22H24O5/c23-21(24)10-4-2-1-3-7-13-26-17-11-12-20-19(14-17)22(25)18-9-6-5-8-16(18)15-27-20/h5-6,8-9,11-12,14H,1-4,7,10,13,15H2,(H,23,24). The van der Waals surface area contributed by atoms with E-state index in [1.54, 1.807) is 12.1 Å². The van der Waals surface area contributed by atoms with Crippen molar-refractivity contribution in [3.05, 3.63) is 59.2 Å². The predicted molar refractivity (Wildman–Crippen MR) is 101 cm³/mol. The van der Waals surface area contributed by atoms with Gasteiger partial charge in [0.05, 0.1) is 12.2 Å². The Bertz CT molecular complexity index is 812. The second kappa shape index (κ2) is 9.21. The van der Waals surface area contributed by atoms with Gasteiger partial charge in [0.2, 0.25) is 0 Å². The van der Waals surface area contributed by atoms with Gasteiger partial charge in [-0.2, -0.15) is 0 Å². The maximum Gasteiger partial charge on any atom is 0.303 e. The first kappa shape index (κ1) is 19.0. The number of carboxylic acids is 1. The smallest absolute Gasteiger partial charge is 0.303 e. The van der Waals surface area contributed by atoms with Crippen LogP contribution in [-0.4, -0.2) is 23.5 Å². The molecule has 1 aliphatic rings. The van der Waals surface area contributed by atoms with Crippen LogP contribution in [0.25, 0.3) is 0 Å². The summed E-state index contributed by atoms with van der Waals surface area (Å²) in [7, 11) is 0. The maximum absolute atomic E-state index is 12.8. The normalized spacial score (nSPS) is 12.5. The molecule has 0 fully saturated rings. The summed E-state index contributed by atoms with van der Waals surface area (Å²) in [6.07, 6.45) is 4.80. The second-order valence-electron chi connectivity index (χ2n) is 6.69. The van der Waals surface area contributed by atoms with Crippen molar-refractivity contribution in [2.75, 3.05) is 6.61 Å². The zero-order valence-corrected chi connectivity index (χ0v) is 15.3. The zero-order chi connectivity index (χ0) is 19.1. The van der Waals surface area contributed by atoms with Crippen molar-refractivity contribution in [2.24, 2.45) is 0 Å². The van der Waals surface area contributed by atoms with Crippen LogP contribution in [0.2, 0.25) is 0 Å². The fourth-order valence-corrected chi connectivity index (χ4v) is 3.17. The van der Waals surface area contributed by atoms with Gasteiger partial charge in [0, 0.05) is 17.5 Å². The van der Waals surface area contributed by atoms with Crippen LogP contribution >= 0.6 is 0 Å². The third-order valence-electron chi connectivity index (χ3n) is 4.64. The maximum atomic E-state index is 12.8. The highest BCUT2D eigenvalue weighted by molar-refractivity contribution is 6.12. The molecule has 0 saturated heterocycles. The Morgan fingerprint density at radius 3 is 2.63 bits per heavy atom. The summed E-state index contributed by atoms with van der Waals surface area (Å²) in [5.41, 5.74) is 2.10. The number of hydrogen-bond acceptors (Lipinski definition) is 4.